The SMILES string of the molecule is O=C(Nc1ccn(Cc2ccc(Cl)cc2Cl)n1)c1cccc(F)c1. The average Bonchev–Trinajstić information content (AvgIpc) is 2.97. The number of halogens is 3. The fraction of sp³-hybridized carbons (Fsp3) is 0.0588. The van der Waals surface area contributed by atoms with Gasteiger partial charge in [0.05, 0.1) is 6.54 Å². The lowest BCUT2D eigenvalue weighted by atomic mass is 10.2. The lowest BCUT2D eigenvalue weighted by Crippen LogP contribution is -2.13. The second-order valence-electron chi connectivity index (χ2n) is 5.10. The Kier molecular flexibility index (Phi) is 4.83. The first-order valence-corrected chi connectivity index (χ1v) is 7.81. The van der Waals surface area contributed by atoms with Crippen LogP contribution < -0.4 is 5.32 Å². The van der Waals surface area contributed by atoms with Crippen LogP contribution in [0.3, 0.4) is 0 Å². The summed E-state index contributed by atoms with van der Waals surface area (Å²) >= 11 is 12.0. The maximum Gasteiger partial charge on any atom is 0.256 e. The van der Waals surface area contributed by atoms with Crippen molar-refractivity contribution < 1.29 is 9.18 Å². The van der Waals surface area contributed by atoms with Gasteiger partial charge >= 0.3 is 0 Å². The van der Waals surface area contributed by atoms with Crippen molar-refractivity contribution in [2.45, 2.75) is 6.54 Å². The van der Waals surface area contributed by atoms with Crippen molar-refractivity contribution in [3.8, 4) is 0 Å². The van der Waals surface area contributed by atoms with E-state index in [-0.39, 0.29) is 5.56 Å². The molecule has 0 saturated carbocycles. The molecule has 0 aliphatic carbocycles. The molecule has 1 aromatic heterocycles. The van der Waals surface area contributed by atoms with E-state index < -0.39 is 11.7 Å². The highest BCUT2D eigenvalue weighted by molar-refractivity contribution is 6.35. The molecule has 2 aromatic carbocycles. The average molecular weight is 364 g/mol. The molecule has 1 heterocycles. The first kappa shape index (κ1) is 16.5. The topological polar surface area (TPSA) is 46.9 Å². The summed E-state index contributed by atoms with van der Waals surface area (Å²) < 4.78 is 14.8. The zero-order valence-electron chi connectivity index (χ0n) is 12.3. The van der Waals surface area contributed by atoms with Crippen LogP contribution in [0, 0.1) is 5.82 Å². The summed E-state index contributed by atoms with van der Waals surface area (Å²) in [6, 6.07) is 12.3. The van der Waals surface area contributed by atoms with E-state index in [2.05, 4.69) is 10.4 Å². The van der Waals surface area contributed by atoms with Crippen molar-refractivity contribution in [3.63, 3.8) is 0 Å². The number of hydrogen-bond acceptors (Lipinski definition) is 2. The molecule has 0 radical (unpaired) electrons. The highest BCUT2D eigenvalue weighted by atomic mass is 35.5. The molecule has 0 bridgehead atoms. The molecule has 1 amide bonds. The molecule has 1 N–H and O–H groups in total. The minimum Gasteiger partial charge on any atom is -0.305 e. The Morgan fingerprint density at radius 3 is 2.75 bits per heavy atom. The Hall–Kier alpha value is -2.37. The van der Waals surface area contributed by atoms with Crippen molar-refractivity contribution in [1.82, 2.24) is 9.78 Å². The predicted octanol–water partition coefficient (Wildman–Crippen LogP) is 4.63. The van der Waals surface area contributed by atoms with E-state index in [1.807, 2.05) is 6.07 Å². The summed E-state index contributed by atoms with van der Waals surface area (Å²) in [4.78, 5) is 12.1. The molecular weight excluding hydrogens is 352 g/mol. The van der Waals surface area contributed by atoms with E-state index in [0.717, 1.165) is 5.56 Å². The number of rotatable bonds is 4. The zero-order chi connectivity index (χ0) is 17.1. The van der Waals surface area contributed by atoms with Gasteiger partial charge in [-0.15, -0.1) is 0 Å². The van der Waals surface area contributed by atoms with Crippen molar-refractivity contribution in [2.75, 3.05) is 5.32 Å². The fourth-order valence-electron chi connectivity index (χ4n) is 2.16. The van der Waals surface area contributed by atoms with Gasteiger partial charge in [-0.05, 0) is 35.9 Å². The van der Waals surface area contributed by atoms with Gasteiger partial charge in [-0.25, -0.2) is 4.39 Å². The second-order valence-corrected chi connectivity index (χ2v) is 5.94. The Morgan fingerprint density at radius 1 is 1.17 bits per heavy atom. The van der Waals surface area contributed by atoms with E-state index in [4.69, 9.17) is 23.2 Å². The number of amides is 1. The number of carbonyl (C=O) groups is 1. The van der Waals surface area contributed by atoms with Gasteiger partial charge in [0, 0.05) is 27.9 Å². The third kappa shape index (κ3) is 3.93. The van der Waals surface area contributed by atoms with Gasteiger partial charge in [-0.3, -0.25) is 9.48 Å². The minimum absolute atomic E-state index is 0.227. The number of carbonyl (C=O) groups excluding carboxylic acids is 1. The largest absolute Gasteiger partial charge is 0.305 e. The van der Waals surface area contributed by atoms with E-state index >= 15 is 0 Å². The molecule has 0 saturated heterocycles. The molecule has 122 valence electrons. The van der Waals surface area contributed by atoms with Crippen molar-refractivity contribution in [3.05, 3.63) is 81.7 Å². The molecule has 0 aliphatic heterocycles. The molecule has 0 aliphatic rings. The second kappa shape index (κ2) is 7.03. The maximum atomic E-state index is 13.2. The molecule has 0 unspecified atom stereocenters. The number of aromatic nitrogens is 2. The van der Waals surface area contributed by atoms with Crippen LogP contribution in [0.4, 0.5) is 10.2 Å². The van der Waals surface area contributed by atoms with Gasteiger partial charge in [0.1, 0.15) is 5.82 Å². The van der Waals surface area contributed by atoms with Crippen molar-refractivity contribution >= 4 is 34.9 Å². The van der Waals surface area contributed by atoms with Gasteiger partial charge in [-0.1, -0.05) is 35.3 Å². The van der Waals surface area contributed by atoms with Crippen molar-refractivity contribution in [1.29, 1.82) is 0 Å². The Labute approximate surface area is 147 Å². The summed E-state index contributed by atoms with van der Waals surface area (Å²) in [5.74, 6) is -0.524. The standard InChI is InChI=1S/C17H12Cl2FN3O/c18-13-5-4-12(15(19)9-13)10-23-7-6-16(22-23)21-17(24)11-2-1-3-14(20)8-11/h1-9H,10H2,(H,21,22,24). The van der Waals surface area contributed by atoms with Crippen molar-refractivity contribution in [2.24, 2.45) is 0 Å². The van der Waals surface area contributed by atoms with Crippen LogP contribution in [0.25, 0.3) is 0 Å². The third-order valence-electron chi connectivity index (χ3n) is 3.32. The summed E-state index contributed by atoms with van der Waals surface area (Å²) in [7, 11) is 0. The number of nitrogens with zero attached hydrogens (tertiary/aromatic N) is 2. The molecule has 4 nitrogen and oxygen atoms in total. The molecule has 3 aromatic rings. The number of benzene rings is 2. The Morgan fingerprint density at radius 2 is 2.00 bits per heavy atom. The highest BCUT2D eigenvalue weighted by Crippen LogP contribution is 2.22. The lowest BCUT2D eigenvalue weighted by Gasteiger charge is -2.05. The first-order valence-electron chi connectivity index (χ1n) is 7.05. The smallest absolute Gasteiger partial charge is 0.256 e. The Bertz CT molecular complexity index is 895. The zero-order valence-corrected chi connectivity index (χ0v) is 13.9. The van der Waals surface area contributed by atoms with Gasteiger partial charge in [0.25, 0.3) is 5.91 Å². The third-order valence-corrected chi connectivity index (χ3v) is 3.90. The van der Waals surface area contributed by atoms with Crippen LogP contribution in [0.15, 0.2) is 54.7 Å². The van der Waals surface area contributed by atoms with Gasteiger partial charge < -0.3 is 5.32 Å². The minimum atomic E-state index is -0.467. The van der Waals surface area contributed by atoms with Crippen LogP contribution in [0.5, 0.6) is 0 Å². The normalized spacial score (nSPS) is 10.6. The van der Waals surface area contributed by atoms with E-state index in [9.17, 15) is 9.18 Å². The number of anilines is 1. The first-order chi connectivity index (χ1) is 11.5. The molecule has 7 heteroatoms. The molecule has 0 spiro atoms. The monoisotopic (exact) mass is 363 g/mol. The van der Waals surface area contributed by atoms with E-state index in [1.54, 1.807) is 29.1 Å². The van der Waals surface area contributed by atoms with Gasteiger partial charge in [-0.2, -0.15) is 5.10 Å². The summed E-state index contributed by atoms with van der Waals surface area (Å²) in [5, 5.41) is 7.99. The highest BCUT2D eigenvalue weighted by Gasteiger charge is 2.09. The molecule has 3 rings (SSSR count). The van der Waals surface area contributed by atoms with Crippen LogP contribution in [0.1, 0.15) is 15.9 Å². The van der Waals surface area contributed by atoms with E-state index in [1.165, 1.54) is 24.3 Å². The Balaban J connectivity index is 1.70. The van der Waals surface area contributed by atoms with E-state index in [0.29, 0.717) is 22.4 Å². The fourth-order valence-corrected chi connectivity index (χ4v) is 2.63. The lowest BCUT2D eigenvalue weighted by molar-refractivity contribution is 0.102. The summed E-state index contributed by atoms with van der Waals surface area (Å²) in [6.45, 7) is 0.436. The molecular formula is C17H12Cl2FN3O. The summed E-state index contributed by atoms with van der Waals surface area (Å²) in [6.07, 6.45) is 1.71. The number of nitrogens with one attached hydrogen (secondary N) is 1. The molecule has 0 atom stereocenters. The van der Waals surface area contributed by atoms with Crippen LogP contribution in [-0.2, 0) is 6.54 Å². The van der Waals surface area contributed by atoms with Crippen LogP contribution in [0.2, 0.25) is 10.0 Å². The number of hydrogen-bond donors (Lipinski definition) is 1. The predicted molar refractivity (Wildman–Crippen MR) is 92.1 cm³/mol. The van der Waals surface area contributed by atoms with Gasteiger partial charge in [0.15, 0.2) is 5.82 Å². The quantitative estimate of drug-likeness (QED) is 0.734. The molecule has 0 fully saturated rings. The van der Waals surface area contributed by atoms with Crippen LogP contribution in [-0.4, -0.2) is 15.7 Å². The summed E-state index contributed by atoms with van der Waals surface area (Å²) in [5.41, 5.74) is 1.08. The van der Waals surface area contributed by atoms with Crippen LogP contribution >= 0.6 is 23.2 Å². The maximum absolute atomic E-state index is 13.2. The van der Waals surface area contributed by atoms with Gasteiger partial charge in [0.2, 0.25) is 0 Å². The molecule has 24 heavy (non-hydrogen) atoms.